The van der Waals surface area contributed by atoms with Crippen LogP contribution in [-0.4, -0.2) is 37.4 Å². The van der Waals surface area contributed by atoms with Gasteiger partial charge in [-0.25, -0.2) is 0 Å². The summed E-state index contributed by atoms with van der Waals surface area (Å²) in [5, 5.41) is 13.9. The van der Waals surface area contributed by atoms with E-state index in [9.17, 15) is 9.90 Å². The van der Waals surface area contributed by atoms with Gasteiger partial charge in [-0.1, -0.05) is 6.07 Å². The Kier molecular flexibility index (Phi) is 5.31. The number of thiophene rings is 1. The molecule has 1 atom stereocenters. The van der Waals surface area contributed by atoms with Crippen LogP contribution >= 0.6 is 11.3 Å². The Bertz CT molecular complexity index is 287. The largest absolute Gasteiger partial charge is 0.389 e. The lowest BCUT2D eigenvalue weighted by Gasteiger charge is -2.10. The lowest BCUT2D eigenvalue weighted by molar-refractivity contribution is -0.121. The molecular formula is C10H15NO3S. The summed E-state index contributed by atoms with van der Waals surface area (Å²) < 4.78 is 4.74. The number of amides is 1. The number of carbonyl (C=O) groups excluding carboxylic acids is 1. The van der Waals surface area contributed by atoms with Gasteiger partial charge >= 0.3 is 0 Å². The molecule has 0 aliphatic carbocycles. The van der Waals surface area contributed by atoms with Crippen molar-refractivity contribution in [3.05, 3.63) is 22.4 Å². The van der Waals surface area contributed by atoms with Crippen molar-refractivity contribution in [1.29, 1.82) is 0 Å². The van der Waals surface area contributed by atoms with Gasteiger partial charge in [-0.2, -0.15) is 0 Å². The molecular weight excluding hydrogens is 214 g/mol. The Morgan fingerprint density at radius 1 is 1.73 bits per heavy atom. The molecule has 15 heavy (non-hydrogen) atoms. The predicted octanol–water partition coefficient (Wildman–Crippen LogP) is 0.414. The Hall–Kier alpha value is -0.910. The molecule has 0 fully saturated rings. The Labute approximate surface area is 92.9 Å². The number of aliphatic hydroxyl groups is 1. The van der Waals surface area contributed by atoms with Gasteiger partial charge in [0.15, 0.2) is 0 Å². The summed E-state index contributed by atoms with van der Waals surface area (Å²) in [6.45, 7) is 0.470. The molecule has 0 aromatic carbocycles. The van der Waals surface area contributed by atoms with E-state index in [0.29, 0.717) is 6.42 Å². The van der Waals surface area contributed by atoms with Gasteiger partial charge in [0.2, 0.25) is 5.91 Å². The molecule has 1 aromatic rings. The highest BCUT2D eigenvalue weighted by atomic mass is 32.1. The molecule has 5 heteroatoms. The normalized spacial score (nSPS) is 12.4. The van der Waals surface area contributed by atoms with E-state index in [1.807, 2.05) is 17.5 Å². The van der Waals surface area contributed by atoms with Crippen molar-refractivity contribution in [3.8, 4) is 0 Å². The van der Waals surface area contributed by atoms with E-state index in [0.717, 1.165) is 4.88 Å². The van der Waals surface area contributed by atoms with Crippen molar-refractivity contribution >= 4 is 17.2 Å². The van der Waals surface area contributed by atoms with Crippen molar-refractivity contribution in [2.45, 2.75) is 12.5 Å². The standard InChI is InChI=1S/C10H15NO3S/c1-14-7-8(12)6-11-10(13)5-9-3-2-4-15-9/h2-4,8,12H,5-7H2,1H3,(H,11,13). The van der Waals surface area contributed by atoms with Crippen molar-refractivity contribution < 1.29 is 14.6 Å². The first-order chi connectivity index (χ1) is 7.22. The van der Waals surface area contributed by atoms with E-state index in [2.05, 4.69) is 5.32 Å². The highest BCUT2D eigenvalue weighted by Gasteiger charge is 2.07. The quantitative estimate of drug-likeness (QED) is 0.743. The summed E-state index contributed by atoms with van der Waals surface area (Å²) in [7, 11) is 1.51. The van der Waals surface area contributed by atoms with Crippen LogP contribution in [0.15, 0.2) is 17.5 Å². The van der Waals surface area contributed by atoms with E-state index in [4.69, 9.17) is 4.74 Å². The second-order valence-electron chi connectivity index (χ2n) is 3.17. The van der Waals surface area contributed by atoms with Gasteiger partial charge < -0.3 is 15.2 Å². The van der Waals surface area contributed by atoms with Gasteiger partial charge in [-0.15, -0.1) is 11.3 Å². The van der Waals surface area contributed by atoms with Crippen LogP contribution in [0.2, 0.25) is 0 Å². The summed E-state index contributed by atoms with van der Waals surface area (Å²) in [5.41, 5.74) is 0. The predicted molar refractivity (Wildman–Crippen MR) is 58.9 cm³/mol. The van der Waals surface area contributed by atoms with Crippen LogP contribution in [0.4, 0.5) is 0 Å². The van der Waals surface area contributed by atoms with Crippen molar-refractivity contribution in [1.82, 2.24) is 5.32 Å². The average Bonchev–Trinajstić information content (AvgIpc) is 2.68. The molecule has 84 valence electrons. The van der Waals surface area contributed by atoms with Gasteiger partial charge in [-0.05, 0) is 11.4 Å². The van der Waals surface area contributed by atoms with Crippen LogP contribution in [-0.2, 0) is 16.0 Å². The summed E-state index contributed by atoms with van der Waals surface area (Å²) >= 11 is 1.55. The molecule has 0 saturated heterocycles. The molecule has 1 heterocycles. The lowest BCUT2D eigenvalue weighted by atomic mass is 10.3. The third-order valence-corrected chi connectivity index (χ3v) is 2.69. The minimum absolute atomic E-state index is 0.0763. The Balaban J connectivity index is 2.19. The molecule has 0 bridgehead atoms. The maximum absolute atomic E-state index is 11.4. The van der Waals surface area contributed by atoms with Crippen molar-refractivity contribution in [2.24, 2.45) is 0 Å². The Morgan fingerprint density at radius 2 is 2.53 bits per heavy atom. The van der Waals surface area contributed by atoms with Crippen molar-refractivity contribution in [3.63, 3.8) is 0 Å². The number of hydrogen-bond acceptors (Lipinski definition) is 4. The highest BCUT2D eigenvalue weighted by Crippen LogP contribution is 2.08. The summed E-state index contributed by atoms with van der Waals surface area (Å²) in [5.74, 6) is -0.0763. The minimum Gasteiger partial charge on any atom is -0.389 e. The van der Waals surface area contributed by atoms with Gasteiger partial charge in [0.1, 0.15) is 0 Å². The minimum atomic E-state index is -0.637. The fourth-order valence-corrected chi connectivity index (χ4v) is 1.82. The molecule has 0 saturated carbocycles. The van der Waals surface area contributed by atoms with Crippen LogP contribution < -0.4 is 5.32 Å². The van der Waals surface area contributed by atoms with E-state index in [1.54, 1.807) is 11.3 Å². The first-order valence-corrected chi connectivity index (χ1v) is 5.56. The van der Waals surface area contributed by atoms with Gasteiger partial charge in [-0.3, -0.25) is 4.79 Å². The zero-order valence-corrected chi connectivity index (χ0v) is 9.42. The van der Waals surface area contributed by atoms with E-state index >= 15 is 0 Å². The lowest BCUT2D eigenvalue weighted by Crippen LogP contribution is -2.35. The van der Waals surface area contributed by atoms with Crippen LogP contribution in [0.1, 0.15) is 4.88 Å². The average molecular weight is 229 g/mol. The van der Waals surface area contributed by atoms with E-state index in [-0.39, 0.29) is 19.1 Å². The van der Waals surface area contributed by atoms with Crippen LogP contribution in [0.5, 0.6) is 0 Å². The first-order valence-electron chi connectivity index (χ1n) is 4.68. The summed E-state index contributed by atoms with van der Waals surface area (Å²) in [4.78, 5) is 12.4. The third-order valence-electron chi connectivity index (χ3n) is 1.81. The number of nitrogens with one attached hydrogen (secondary N) is 1. The summed E-state index contributed by atoms with van der Waals surface area (Å²) in [6.07, 6.45) is -0.264. The molecule has 1 rings (SSSR count). The smallest absolute Gasteiger partial charge is 0.225 e. The molecule has 1 unspecified atom stereocenters. The van der Waals surface area contributed by atoms with Crippen LogP contribution in [0.3, 0.4) is 0 Å². The molecule has 0 radical (unpaired) electrons. The van der Waals surface area contributed by atoms with Gasteiger partial charge in [0.25, 0.3) is 0 Å². The van der Waals surface area contributed by atoms with Crippen molar-refractivity contribution in [2.75, 3.05) is 20.3 Å². The topological polar surface area (TPSA) is 58.6 Å². The third kappa shape index (κ3) is 4.92. The fourth-order valence-electron chi connectivity index (χ4n) is 1.12. The van der Waals surface area contributed by atoms with Crippen LogP contribution in [0, 0.1) is 0 Å². The maximum Gasteiger partial charge on any atom is 0.225 e. The molecule has 1 amide bonds. The molecule has 0 aliphatic rings. The first kappa shape index (κ1) is 12.2. The highest BCUT2D eigenvalue weighted by molar-refractivity contribution is 7.10. The number of carbonyl (C=O) groups is 1. The summed E-state index contributed by atoms with van der Waals surface area (Å²) in [6, 6.07) is 3.82. The zero-order valence-electron chi connectivity index (χ0n) is 8.60. The number of ether oxygens (including phenoxy) is 1. The molecule has 0 spiro atoms. The van der Waals surface area contributed by atoms with Gasteiger partial charge in [0.05, 0.1) is 19.1 Å². The molecule has 0 aliphatic heterocycles. The molecule has 1 aromatic heterocycles. The van der Waals surface area contributed by atoms with E-state index in [1.165, 1.54) is 7.11 Å². The fraction of sp³-hybridized carbons (Fsp3) is 0.500. The molecule has 4 nitrogen and oxygen atoms in total. The van der Waals surface area contributed by atoms with E-state index < -0.39 is 6.10 Å². The SMILES string of the molecule is COCC(O)CNC(=O)Cc1cccs1. The molecule has 2 N–H and O–H groups in total. The second kappa shape index (κ2) is 6.55. The number of methoxy groups -OCH3 is 1. The Morgan fingerprint density at radius 3 is 3.13 bits per heavy atom. The number of aliphatic hydroxyl groups excluding tert-OH is 1. The number of rotatable bonds is 6. The van der Waals surface area contributed by atoms with Crippen LogP contribution in [0.25, 0.3) is 0 Å². The second-order valence-corrected chi connectivity index (χ2v) is 4.20. The maximum atomic E-state index is 11.4. The monoisotopic (exact) mass is 229 g/mol. The number of hydrogen-bond donors (Lipinski definition) is 2. The van der Waals surface area contributed by atoms with Gasteiger partial charge in [0, 0.05) is 18.5 Å². The zero-order chi connectivity index (χ0) is 11.1.